The molecule has 1 aliphatic heterocycles. The zero-order valence-electron chi connectivity index (χ0n) is 11.3. The van der Waals surface area contributed by atoms with Crippen LogP contribution < -0.4 is 14.4 Å². The zero-order valence-corrected chi connectivity index (χ0v) is 12.1. The smallest absolute Gasteiger partial charge is 0.267 e. The van der Waals surface area contributed by atoms with Gasteiger partial charge in [0.2, 0.25) is 10.0 Å². The van der Waals surface area contributed by atoms with Crippen LogP contribution in [0.15, 0.2) is 23.1 Å². The molecule has 2 aliphatic rings. The summed E-state index contributed by atoms with van der Waals surface area (Å²) in [6, 6.07) is 4.62. The Hall–Kier alpha value is -1.60. The Balaban J connectivity index is 1.98. The highest BCUT2D eigenvalue weighted by Crippen LogP contribution is 2.35. The van der Waals surface area contributed by atoms with Crippen LogP contribution in [-0.2, 0) is 14.8 Å². The average molecular weight is 296 g/mol. The number of amides is 1. The molecule has 1 fully saturated rings. The molecule has 1 unspecified atom stereocenters. The van der Waals surface area contributed by atoms with Crippen molar-refractivity contribution in [1.29, 1.82) is 0 Å². The highest BCUT2D eigenvalue weighted by atomic mass is 32.2. The fourth-order valence-corrected chi connectivity index (χ4v) is 3.47. The number of rotatable bonds is 3. The van der Waals surface area contributed by atoms with Crippen molar-refractivity contribution in [3.63, 3.8) is 0 Å². The molecule has 0 saturated heterocycles. The van der Waals surface area contributed by atoms with Crippen LogP contribution in [0.5, 0.6) is 5.75 Å². The van der Waals surface area contributed by atoms with Crippen molar-refractivity contribution in [2.24, 2.45) is 0 Å². The molecular formula is C13H16N2O4S. The van der Waals surface area contributed by atoms with Crippen molar-refractivity contribution >= 4 is 21.6 Å². The number of sulfonamides is 1. The van der Waals surface area contributed by atoms with Crippen LogP contribution in [0.2, 0.25) is 0 Å². The van der Waals surface area contributed by atoms with Gasteiger partial charge < -0.3 is 9.64 Å². The van der Waals surface area contributed by atoms with Crippen molar-refractivity contribution in [2.45, 2.75) is 36.8 Å². The number of nitrogens with one attached hydrogen (secondary N) is 1. The predicted molar refractivity (Wildman–Crippen MR) is 73.3 cm³/mol. The van der Waals surface area contributed by atoms with Crippen molar-refractivity contribution in [3.05, 3.63) is 18.2 Å². The van der Waals surface area contributed by atoms with Crippen molar-refractivity contribution in [3.8, 4) is 5.75 Å². The van der Waals surface area contributed by atoms with E-state index in [1.165, 1.54) is 17.0 Å². The molecule has 1 aromatic rings. The summed E-state index contributed by atoms with van der Waals surface area (Å²) >= 11 is 0. The molecule has 1 aliphatic carbocycles. The molecule has 0 radical (unpaired) electrons. The maximum atomic E-state index is 12.2. The number of ether oxygens (including phenoxy) is 1. The van der Waals surface area contributed by atoms with E-state index in [4.69, 9.17) is 4.74 Å². The standard InChI is InChI=1S/C13H16N2O4S/c1-8-13(16)15(2)11-7-10(5-6-12(11)19-8)20(17,18)14-9-3-4-9/h5-9,14H,3-4H2,1-2H3. The largest absolute Gasteiger partial charge is 0.479 e. The minimum Gasteiger partial charge on any atom is -0.479 e. The normalized spacial score (nSPS) is 22.4. The molecule has 0 aromatic heterocycles. The molecule has 0 spiro atoms. The Morgan fingerprint density at radius 1 is 1.35 bits per heavy atom. The SMILES string of the molecule is CC1Oc2ccc(S(=O)(=O)NC3CC3)cc2N(C)C1=O. The van der Waals surface area contributed by atoms with Gasteiger partial charge in [0.1, 0.15) is 5.75 Å². The van der Waals surface area contributed by atoms with E-state index in [0.29, 0.717) is 11.4 Å². The Bertz CT molecular complexity index is 667. The lowest BCUT2D eigenvalue weighted by atomic mass is 10.2. The molecule has 3 rings (SSSR count). The van der Waals surface area contributed by atoms with E-state index in [-0.39, 0.29) is 16.8 Å². The lowest BCUT2D eigenvalue weighted by molar-refractivity contribution is -0.125. The number of fused-ring (bicyclic) bond motifs is 1. The van der Waals surface area contributed by atoms with Gasteiger partial charge in [-0.15, -0.1) is 0 Å². The number of hydrogen-bond donors (Lipinski definition) is 1. The van der Waals surface area contributed by atoms with Gasteiger partial charge in [0.25, 0.3) is 5.91 Å². The van der Waals surface area contributed by atoms with Crippen LogP contribution in [-0.4, -0.2) is 33.5 Å². The monoisotopic (exact) mass is 296 g/mol. The summed E-state index contributed by atoms with van der Waals surface area (Å²) in [4.78, 5) is 13.5. The zero-order chi connectivity index (χ0) is 14.5. The molecule has 1 N–H and O–H groups in total. The molecule has 7 heteroatoms. The van der Waals surface area contributed by atoms with Crippen LogP contribution in [0.4, 0.5) is 5.69 Å². The fraction of sp³-hybridized carbons (Fsp3) is 0.462. The molecule has 1 aromatic carbocycles. The summed E-state index contributed by atoms with van der Waals surface area (Å²) in [5, 5.41) is 0. The number of carbonyl (C=O) groups is 1. The number of anilines is 1. The topological polar surface area (TPSA) is 75.7 Å². The first-order chi connectivity index (χ1) is 9.38. The van der Waals surface area contributed by atoms with Gasteiger partial charge in [-0.1, -0.05) is 0 Å². The van der Waals surface area contributed by atoms with Crippen LogP contribution in [0.1, 0.15) is 19.8 Å². The minimum atomic E-state index is -3.53. The van der Waals surface area contributed by atoms with E-state index in [1.807, 2.05) is 0 Å². The third-order valence-electron chi connectivity index (χ3n) is 3.48. The predicted octanol–water partition coefficient (Wildman–Crippen LogP) is 0.871. The lowest BCUT2D eigenvalue weighted by Gasteiger charge is -2.30. The van der Waals surface area contributed by atoms with E-state index in [0.717, 1.165) is 12.8 Å². The van der Waals surface area contributed by atoms with E-state index in [1.54, 1.807) is 20.0 Å². The quantitative estimate of drug-likeness (QED) is 0.898. The first-order valence-corrected chi connectivity index (χ1v) is 7.97. The fourth-order valence-electron chi connectivity index (χ4n) is 2.15. The van der Waals surface area contributed by atoms with Gasteiger partial charge in [-0.25, -0.2) is 13.1 Å². The van der Waals surface area contributed by atoms with E-state index >= 15 is 0 Å². The molecule has 1 heterocycles. The highest BCUT2D eigenvalue weighted by Gasteiger charge is 2.32. The van der Waals surface area contributed by atoms with Gasteiger partial charge in [0, 0.05) is 13.1 Å². The minimum absolute atomic E-state index is 0.0478. The van der Waals surface area contributed by atoms with E-state index < -0.39 is 16.1 Å². The van der Waals surface area contributed by atoms with Gasteiger partial charge in [0.15, 0.2) is 6.10 Å². The molecule has 20 heavy (non-hydrogen) atoms. The molecule has 6 nitrogen and oxygen atoms in total. The number of carbonyl (C=O) groups excluding carboxylic acids is 1. The first kappa shape index (κ1) is 13.4. The molecule has 1 amide bonds. The highest BCUT2D eigenvalue weighted by molar-refractivity contribution is 7.89. The van der Waals surface area contributed by atoms with Crippen molar-refractivity contribution < 1.29 is 17.9 Å². The Kier molecular flexibility index (Phi) is 2.98. The second kappa shape index (κ2) is 4.46. The third kappa shape index (κ3) is 2.27. The van der Waals surface area contributed by atoms with Gasteiger partial charge in [-0.05, 0) is 38.0 Å². The summed E-state index contributed by atoms with van der Waals surface area (Å²) in [6.45, 7) is 1.67. The Labute approximate surface area is 117 Å². The summed E-state index contributed by atoms with van der Waals surface area (Å²) in [7, 11) is -1.91. The molecule has 1 atom stereocenters. The molecule has 108 valence electrons. The number of benzene rings is 1. The van der Waals surface area contributed by atoms with Gasteiger partial charge in [-0.3, -0.25) is 4.79 Å². The molecule has 0 bridgehead atoms. The number of nitrogens with zero attached hydrogens (tertiary/aromatic N) is 1. The summed E-state index contributed by atoms with van der Waals surface area (Å²) in [5.41, 5.74) is 0.478. The van der Waals surface area contributed by atoms with Crippen molar-refractivity contribution in [2.75, 3.05) is 11.9 Å². The summed E-state index contributed by atoms with van der Waals surface area (Å²) in [5.74, 6) is 0.326. The number of likely N-dealkylation sites (N-methyl/N-ethyl adjacent to an activating group) is 1. The first-order valence-electron chi connectivity index (χ1n) is 6.49. The maximum Gasteiger partial charge on any atom is 0.267 e. The van der Waals surface area contributed by atoms with E-state index in [9.17, 15) is 13.2 Å². The summed E-state index contributed by atoms with van der Waals surface area (Å²) in [6.07, 6.45) is 1.20. The molecular weight excluding hydrogens is 280 g/mol. The average Bonchev–Trinajstić information content (AvgIpc) is 3.19. The maximum absolute atomic E-state index is 12.2. The summed E-state index contributed by atoms with van der Waals surface area (Å²) < 4.78 is 32.4. The Morgan fingerprint density at radius 2 is 2.05 bits per heavy atom. The number of hydrogen-bond acceptors (Lipinski definition) is 4. The second-order valence-corrected chi connectivity index (χ2v) is 6.90. The van der Waals surface area contributed by atoms with Gasteiger partial charge in [-0.2, -0.15) is 0 Å². The lowest BCUT2D eigenvalue weighted by Crippen LogP contribution is -2.42. The van der Waals surface area contributed by atoms with E-state index in [2.05, 4.69) is 4.72 Å². The van der Waals surface area contributed by atoms with Gasteiger partial charge >= 0.3 is 0 Å². The van der Waals surface area contributed by atoms with Crippen molar-refractivity contribution in [1.82, 2.24) is 4.72 Å². The second-order valence-electron chi connectivity index (χ2n) is 5.18. The molecule has 1 saturated carbocycles. The third-order valence-corrected chi connectivity index (χ3v) is 5.00. The Morgan fingerprint density at radius 3 is 2.70 bits per heavy atom. The van der Waals surface area contributed by atoms with Crippen LogP contribution in [0, 0.1) is 0 Å². The van der Waals surface area contributed by atoms with Crippen LogP contribution in [0.3, 0.4) is 0 Å². The van der Waals surface area contributed by atoms with Crippen LogP contribution >= 0.6 is 0 Å². The van der Waals surface area contributed by atoms with Gasteiger partial charge in [0.05, 0.1) is 10.6 Å². The van der Waals surface area contributed by atoms with Crippen LogP contribution in [0.25, 0.3) is 0 Å².